The maximum Gasteiger partial charge on any atom is 0.264 e. The molecule has 1 amide bonds. The predicted octanol–water partition coefficient (Wildman–Crippen LogP) is 4.37. The van der Waals surface area contributed by atoms with E-state index in [4.69, 9.17) is 4.74 Å². The lowest BCUT2D eigenvalue weighted by Crippen LogP contribution is -2.27. The van der Waals surface area contributed by atoms with Crippen LogP contribution in [0.1, 0.15) is 23.2 Å². The highest BCUT2D eigenvalue weighted by Gasteiger charge is 2.24. The minimum absolute atomic E-state index is 0.0879. The molecule has 4 rings (SSSR count). The van der Waals surface area contributed by atoms with Crippen molar-refractivity contribution < 1.29 is 17.9 Å². The van der Waals surface area contributed by atoms with Crippen molar-refractivity contribution in [1.82, 2.24) is 0 Å². The van der Waals surface area contributed by atoms with Crippen LogP contribution in [0.15, 0.2) is 77.7 Å². The standard InChI is InChI=1S/C25H27N3O4S/c1-27(23-11-5-6-12-24(23)32-2)33(30,31)20-15-13-19(14-16-20)25(29)26-21-9-3-4-10-22(21)28-17-7-8-18-28/h3-6,9-16H,7-8,17-18H2,1-2H3,(H,26,29). The molecule has 1 saturated heterocycles. The summed E-state index contributed by atoms with van der Waals surface area (Å²) in [5.74, 6) is 0.167. The van der Waals surface area contributed by atoms with E-state index in [0.29, 0.717) is 17.0 Å². The fourth-order valence-corrected chi connectivity index (χ4v) is 5.17. The molecule has 0 aliphatic carbocycles. The number of ether oxygens (including phenoxy) is 1. The molecule has 1 heterocycles. The summed E-state index contributed by atoms with van der Waals surface area (Å²) in [5, 5.41) is 2.97. The molecule has 0 spiro atoms. The van der Waals surface area contributed by atoms with Gasteiger partial charge in [-0.2, -0.15) is 0 Å². The number of nitrogens with one attached hydrogen (secondary N) is 1. The quantitative estimate of drug-likeness (QED) is 0.561. The number of nitrogens with zero attached hydrogens (tertiary/aromatic N) is 2. The first kappa shape index (κ1) is 22.7. The van der Waals surface area contributed by atoms with Gasteiger partial charge in [-0.15, -0.1) is 0 Å². The molecular formula is C25H27N3O4S. The SMILES string of the molecule is COc1ccccc1N(C)S(=O)(=O)c1ccc(C(=O)Nc2ccccc2N2CCCC2)cc1. The fourth-order valence-electron chi connectivity index (χ4n) is 3.96. The molecular weight excluding hydrogens is 438 g/mol. The number of carbonyl (C=O) groups excluding carboxylic acids is 1. The summed E-state index contributed by atoms with van der Waals surface area (Å²) in [5.41, 5.74) is 2.56. The van der Waals surface area contributed by atoms with Crippen LogP contribution in [0.4, 0.5) is 17.1 Å². The first-order valence-corrected chi connectivity index (χ1v) is 12.2. The second-order valence-electron chi connectivity index (χ2n) is 7.83. The van der Waals surface area contributed by atoms with E-state index in [-0.39, 0.29) is 10.8 Å². The van der Waals surface area contributed by atoms with Crippen LogP contribution in [0.2, 0.25) is 0 Å². The smallest absolute Gasteiger partial charge is 0.264 e. The van der Waals surface area contributed by atoms with Crippen molar-refractivity contribution in [1.29, 1.82) is 0 Å². The van der Waals surface area contributed by atoms with E-state index in [9.17, 15) is 13.2 Å². The van der Waals surface area contributed by atoms with Gasteiger partial charge in [0.15, 0.2) is 0 Å². The minimum Gasteiger partial charge on any atom is -0.495 e. The van der Waals surface area contributed by atoms with Crippen molar-refractivity contribution in [2.45, 2.75) is 17.7 Å². The van der Waals surface area contributed by atoms with Gasteiger partial charge in [-0.25, -0.2) is 8.42 Å². The topological polar surface area (TPSA) is 78.9 Å². The van der Waals surface area contributed by atoms with E-state index < -0.39 is 10.0 Å². The van der Waals surface area contributed by atoms with Gasteiger partial charge in [0.1, 0.15) is 5.75 Å². The van der Waals surface area contributed by atoms with E-state index in [1.807, 2.05) is 24.3 Å². The van der Waals surface area contributed by atoms with Gasteiger partial charge in [0, 0.05) is 25.7 Å². The normalized spacial score (nSPS) is 13.6. The third-order valence-electron chi connectivity index (χ3n) is 5.80. The number of methoxy groups -OCH3 is 1. The number of hydrogen-bond donors (Lipinski definition) is 1. The average Bonchev–Trinajstić information content (AvgIpc) is 3.38. The summed E-state index contributed by atoms with van der Waals surface area (Å²) in [6.45, 7) is 1.94. The molecule has 0 atom stereocenters. The fraction of sp³-hybridized carbons (Fsp3) is 0.240. The van der Waals surface area contributed by atoms with Gasteiger partial charge in [0.2, 0.25) is 0 Å². The average molecular weight is 466 g/mol. The van der Waals surface area contributed by atoms with Gasteiger partial charge < -0.3 is 15.0 Å². The lowest BCUT2D eigenvalue weighted by Gasteiger charge is -2.22. The lowest BCUT2D eigenvalue weighted by molar-refractivity contribution is 0.102. The first-order chi connectivity index (χ1) is 15.9. The van der Waals surface area contributed by atoms with Gasteiger partial charge in [0.25, 0.3) is 15.9 Å². The second kappa shape index (κ2) is 9.54. The lowest BCUT2D eigenvalue weighted by atomic mass is 10.2. The minimum atomic E-state index is -3.83. The Morgan fingerprint density at radius 2 is 1.58 bits per heavy atom. The van der Waals surface area contributed by atoms with Crippen LogP contribution in [0.25, 0.3) is 0 Å². The number of para-hydroxylation sites is 4. The molecule has 0 aromatic heterocycles. The van der Waals surface area contributed by atoms with Gasteiger partial charge >= 0.3 is 0 Å². The number of benzene rings is 3. The van der Waals surface area contributed by atoms with E-state index in [1.165, 1.54) is 42.7 Å². The molecule has 172 valence electrons. The molecule has 0 unspecified atom stereocenters. The molecule has 0 radical (unpaired) electrons. The van der Waals surface area contributed by atoms with Gasteiger partial charge in [-0.1, -0.05) is 24.3 Å². The number of hydrogen-bond acceptors (Lipinski definition) is 5. The Hall–Kier alpha value is -3.52. The van der Waals surface area contributed by atoms with E-state index in [0.717, 1.165) is 37.3 Å². The van der Waals surface area contributed by atoms with Gasteiger partial charge in [-0.05, 0) is 61.4 Å². The van der Waals surface area contributed by atoms with E-state index in [1.54, 1.807) is 24.3 Å². The summed E-state index contributed by atoms with van der Waals surface area (Å²) in [7, 11) is -0.859. The summed E-state index contributed by atoms with van der Waals surface area (Å²) in [4.78, 5) is 15.2. The van der Waals surface area contributed by atoms with E-state index >= 15 is 0 Å². The molecule has 0 bridgehead atoms. The monoisotopic (exact) mass is 465 g/mol. The Morgan fingerprint density at radius 1 is 0.939 bits per heavy atom. The number of rotatable bonds is 7. The van der Waals surface area contributed by atoms with Crippen molar-refractivity contribution in [2.75, 3.05) is 41.8 Å². The van der Waals surface area contributed by atoms with Crippen LogP contribution in [0.3, 0.4) is 0 Å². The zero-order chi connectivity index (χ0) is 23.4. The number of sulfonamides is 1. The van der Waals surface area contributed by atoms with Crippen molar-refractivity contribution in [3.8, 4) is 5.75 Å². The maximum absolute atomic E-state index is 13.1. The van der Waals surface area contributed by atoms with Crippen LogP contribution in [0.5, 0.6) is 5.75 Å². The van der Waals surface area contributed by atoms with Crippen LogP contribution >= 0.6 is 0 Å². The molecule has 1 N–H and O–H groups in total. The zero-order valence-electron chi connectivity index (χ0n) is 18.7. The number of carbonyl (C=O) groups is 1. The Kier molecular flexibility index (Phi) is 6.55. The van der Waals surface area contributed by atoms with Crippen molar-refractivity contribution in [2.24, 2.45) is 0 Å². The first-order valence-electron chi connectivity index (χ1n) is 10.8. The zero-order valence-corrected chi connectivity index (χ0v) is 19.5. The summed E-state index contributed by atoms with van der Waals surface area (Å²) < 4.78 is 32.7. The molecule has 3 aromatic rings. The Morgan fingerprint density at radius 3 is 2.27 bits per heavy atom. The van der Waals surface area contributed by atoms with E-state index in [2.05, 4.69) is 10.2 Å². The maximum atomic E-state index is 13.1. The predicted molar refractivity (Wildman–Crippen MR) is 131 cm³/mol. The Bertz CT molecular complexity index is 1240. The second-order valence-corrected chi connectivity index (χ2v) is 9.80. The molecule has 1 fully saturated rings. The van der Waals surface area contributed by atoms with Crippen LogP contribution in [-0.4, -0.2) is 41.6 Å². The van der Waals surface area contributed by atoms with Crippen LogP contribution in [-0.2, 0) is 10.0 Å². The Balaban J connectivity index is 1.53. The number of amides is 1. The summed E-state index contributed by atoms with van der Waals surface area (Å²) in [6, 6.07) is 20.6. The molecule has 3 aromatic carbocycles. The van der Waals surface area contributed by atoms with Gasteiger partial charge in [0.05, 0.1) is 29.1 Å². The summed E-state index contributed by atoms with van der Waals surface area (Å²) >= 11 is 0. The molecule has 1 aliphatic rings. The molecule has 8 heteroatoms. The molecule has 33 heavy (non-hydrogen) atoms. The van der Waals surface area contributed by atoms with Gasteiger partial charge in [-0.3, -0.25) is 9.10 Å². The molecule has 7 nitrogen and oxygen atoms in total. The molecule has 0 saturated carbocycles. The van der Waals surface area contributed by atoms with Crippen molar-refractivity contribution in [3.63, 3.8) is 0 Å². The Labute approximate surface area is 194 Å². The third-order valence-corrected chi connectivity index (χ3v) is 7.58. The highest BCUT2D eigenvalue weighted by Crippen LogP contribution is 2.31. The molecule has 1 aliphatic heterocycles. The highest BCUT2D eigenvalue weighted by atomic mass is 32.2. The largest absolute Gasteiger partial charge is 0.495 e. The van der Waals surface area contributed by atoms with Crippen molar-refractivity contribution in [3.05, 3.63) is 78.4 Å². The summed E-state index contributed by atoms with van der Waals surface area (Å²) in [6.07, 6.45) is 2.28. The highest BCUT2D eigenvalue weighted by molar-refractivity contribution is 7.92. The third kappa shape index (κ3) is 4.66. The number of anilines is 3. The van der Waals surface area contributed by atoms with Crippen LogP contribution in [0, 0.1) is 0 Å². The van der Waals surface area contributed by atoms with Crippen LogP contribution < -0.4 is 19.3 Å². The van der Waals surface area contributed by atoms with Crippen molar-refractivity contribution >= 4 is 33.0 Å².